The molecule has 0 atom stereocenters. The van der Waals surface area contributed by atoms with Gasteiger partial charge in [-0.1, -0.05) is 13.3 Å². The van der Waals surface area contributed by atoms with E-state index in [1.807, 2.05) is 6.92 Å². The number of hydrogen-bond donors (Lipinski definition) is 1. The number of hydrazone groups is 1. The lowest BCUT2D eigenvalue weighted by atomic mass is 10.1. The molecule has 1 aliphatic rings. The molecule has 0 aromatic heterocycles. The highest BCUT2D eigenvalue weighted by Gasteiger charge is 2.26. The summed E-state index contributed by atoms with van der Waals surface area (Å²) in [5.74, 6) is -0.0862. The van der Waals surface area contributed by atoms with Gasteiger partial charge in [0.15, 0.2) is 0 Å². The molecule has 126 valence electrons. The Morgan fingerprint density at radius 1 is 1.22 bits per heavy atom. The smallest absolute Gasteiger partial charge is 0.253 e. The van der Waals surface area contributed by atoms with Crippen molar-refractivity contribution >= 4 is 27.3 Å². The lowest BCUT2D eigenvalue weighted by molar-refractivity contribution is -0.116. The summed E-state index contributed by atoms with van der Waals surface area (Å²) in [6.45, 7) is 7.39. The molecule has 23 heavy (non-hydrogen) atoms. The number of hydrogen-bond acceptors (Lipinski definition) is 4. The van der Waals surface area contributed by atoms with Crippen molar-refractivity contribution in [3.63, 3.8) is 0 Å². The number of amides is 1. The summed E-state index contributed by atoms with van der Waals surface area (Å²) in [7, 11) is -3.58. The lowest BCUT2D eigenvalue weighted by Gasteiger charge is -2.20. The molecule has 0 unspecified atom stereocenters. The first kappa shape index (κ1) is 17.6. The largest absolute Gasteiger partial charge is 0.272 e. The highest BCUT2D eigenvalue weighted by Crippen LogP contribution is 2.24. The molecular weight excluding hydrogens is 314 g/mol. The molecule has 0 bridgehead atoms. The van der Waals surface area contributed by atoms with Crippen LogP contribution in [-0.4, -0.2) is 25.6 Å². The van der Waals surface area contributed by atoms with Crippen LogP contribution in [-0.2, 0) is 14.8 Å². The molecule has 0 saturated carbocycles. The first-order valence-electron chi connectivity index (χ1n) is 7.66. The normalized spacial score (nSPS) is 15.9. The minimum Gasteiger partial charge on any atom is -0.272 e. The van der Waals surface area contributed by atoms with Crippen molar-refractivity contribution in [3.8, 4) is 0 Å². The molecule has 0 radical (unpaired) electrons. The maximum atomic E-state index is 12.3. The third kappa shape index (κ3) is 4.39. The molecule has 1 aromatic carbocycles. The average Bonchev–Trinajstić information content (AvgIpc) is 2.78. The molecule has 0 saturated heterocycles. The topological polar surface area (TPSA) is 78.8 Å². The summed E-state index contributed by atoms with van der Waals surface area (Å²) in [5, 5.41) is 5.66. The maximum absolute atomic E-state index is 12.3. The van der Waals surface area contributed by atoms with Gasteiger partial charge >= 0.3 is 0 Å². The van der Waals surface area contributed by atoms with Crippen molar-refractivity contribution in [2.24, 2.45) is 5.10 Å². The maximum Gasteiger partial charge on any atom is 0.253 e. The van der Waals surface area contributed by atoms with Gasteiger partial charge in [-0.25, -0.2) is 18.1 Å². The van der Waals surface area contributed by atoms with E-state index in [0.29, 0.717) is 12.1 Å². The zero-order chi connectivity index (χ0) is 17.3. The molecular formula is C16H23N3O3S. The molecule has 1 aromatic rings. The average molecular weight is 337 g/mol. The van der Waals surface area contributed by atoms with Gasteiger partial charge in [-0.3, -0.25) is 4.79 Å². The number of sulfonamides is 1. The molecule has 0 spiro atoms. The van der Waals surface area contributed by atoms with Gasteiger partial charge in [0, 0.05) is 11.3 Å². The molecule has 0 aliphatic carbocycles. The molecule has 0 fully saturated rings. The van der Waals surface area contributed by atoms with E-state index in [1.54, 1.807) is 32.9 Å². The molecule has 2 rings (SSSR count). The Bertz CT molecular complexity index is 716. The van der Waals surface area contributed by atoms with Crippen LogP contribution in [0, 0.1) is 0 Å². The van der Waals surface area contributed by atoms with Gasteiger partial charge in [0.05, 0.1) is 17.0 Å². The summed E-state index contributed by atoms with van der Waals surface area (Å²) in [6, 6.07) is 6.19. The SMILES string of the molecule is CCCC1=NN(c2ccc(S(=O)(=O)NC(C)(C)C)cc2)C(=O)C1. The number of benzene rings is 1. The summed E-state index contributed by atoms with van der Waals surface area (Å²) < 4.78 is 27.1. The fraction of sp³-hybridized carbons (Fsp3) is 0.500. The van der Waals surface area contributed by atoms with Crippen molar-refractivity contribution < 1.29 is 13.2 Å². The Labute approximate surface area is 137 Å². The van der Waals surface area contributed by atoms with Crippen molar-refractivity contribution in [1.29, 1.82) is 0 Å². The van der Waals surface area contributed by atoms with Crippen LogP contribution in [0.25, 0.3) is 0 Å². The number of carbonyl (C=O) groups is 1. The van der Waals surface area contributed by atoms with Crippen LogP contribution in [0.5, 0.6) is 0 Å². The van der Waals surface area contributed by atoms with E-state index in [2.05, 4.69) is 9.82 Å². The third-order valence-electron chi connectivity index (χ3n) is 3.20. The lowest BCUT2D eigenvalue weighted by Crippen LogP contribution is -2.40. The molecule has 1 N–H and O–H groups in total. The minimum absolute atomic E-state index is 0.0862. The predicted octanol–water partition coefficient (Wildman–Crippen LogP) is 2.66. The fourth-order valence-electron chi connectivity index (χ4n) is 2.34. The molecule has 1 heterocycles. The number of nitrogens with zero attached hydrogens (tertiary/aromatic N) is 2. The van der Waals surface area contributed by atoms with Crippen molar-refractivity contribution in [2.75, 3.05) is 5.01 Å². The zero-order valence-corrected chi connectivity index (χ0v) is 14.8. The Hall–Kier alpha value is -1.73. The Balaban J connectivity index is 2.22. The second-order valence-corrected chi connectivity index (χ2v) is 8.33. The van der Waals surface area contributed by atoms with Crippen LogP contribution in [0.3, 0.4) is 0 Å². The number of anilines is 1. The second kappa shape index (κ2) is 6.41. The van der Waals surface area contributed by atoms with Crippen LogP contribution in [0.2, 0.25) is 0 Å². The number of carbonyl (C=O) groups excluding carboxylic acids is 1. The van der Waals surface area contributed by atoms with E-state index < -0.39 is 15.6 Å². The van der Waals surface area contributed by atoms with E-state index in [0.717, 1.165) is 18.6 Å². The Morgan fingerprint density at radius 2 is 1.83 bits per heavy atom. The van der Waals surface area contributed by atoms with Gasteiger partial charge < -0.3 is 0 Å². The van der Waals surface area contributed by atoms with Gasteiger partial charge in [-0.15, -0.1) is 0 Å². The van der Waals surface area contributed by atoms with E-state index in [1.165, 1.54) is 17.1 Å². The van der Waals surface area contributed by atoms with E-state index in [9.17, 15) is 13.2 Å². The number of nitrogens with one attached hydrogen (secondary N) is 1. The van der Waals surface area contributed by atoms with E-state index in [4.69, 9.17) is 0 Å². The van der Waals surface area contributed by atoms with Gasteiger partial charge in [-0.2, -0.15) is 5.10 Å². The molecule has 7 heteroatoms. The minimum atomic E-state index is -3.58. The second-order valence-electron chi connectivity index (χ2n) is 6.65. The van der Waals surface area contributed by atoms with Crippen molar-refractivity contribution in [1.82, 2.24) is 4.72 Å². The van der Waals surface area contributed by atoms with E-state index in [-0.39, 0.29) is 10.8 Å². The molecule has 6 nitrogen and oxygen atoms in total. The first-order valence-corrected chi connectivity index (χ1v) is 9.14. The van der Waals surface area contributed by atoms with Crippen molar-refractivity contribution in [2.45, 2.75) is 57.4 Å². The predicted molar refractivity (Wildman–Crippen MR) is 91.0 cm³/mol. The van der Waals surface area contributed by atoms with Crippen LogP contribution >= 0.6 is 0 Å². The Kier molecular flexibility index (Phi) is 4.91. The standard InChI is InChI=1S/C16H23N3O3S/c1-5-6-12-11-15(20)19(17-12)13-7-9-14(10-8-13)23(21,22)18-16(2,3)4/h7-10,18H,5-6,11H2,1-4H3. The molecule has 1 amide bonds. The fourth-order valence-corrected chi connectivity index (χ4v) is 3.76. The van der Waals surface area contributed by atoms with Crippen LogP contribution < -0.4 is 9.73 Å². The van der Waals surface area contributed by atoms with Gasteiger partial charge in [0.2, 0.25) is 10.0 Å². The van der Waals surface area contributed by atoms with Crippen LogP contribution in [0.1, 0.15) is 47.0 Å². The van der Waals surface area contributed by atoms with E-state index >= 15 is 0 Å². The number of rotatable bonds is 5. The summed E-state index contributed by atoms with van der Waals surface area (Å²) in [5.41, 5.74) is 0.890. The van der Waals surface area contributed by atoms with Crippen LogP contribution in [0.15, 0.2) is 34.3 Å². The molecule has 1 aliphatic heterocycles. The van der Waals surface area contributed by atoms with Gasteiger partial charge in [0.25, 0.3) is 5.91 Å². The highest BCUT2D eigenvalue weighted by molar-refractivity contribution is 7.89. The third-order valence-corrected chi connectivity index (χ3v) is 4.98. The monoisotopic (exact) mass is 337 g/mol. The highest BCUT2D eigenvalue weighted by atomic mass is 32.2. The summed E-state index contributed by atoms with van der Waals surface area (Å²) in [4.78, 5) is 12.2. The zero-order valence-electron chi connectivity index (χ0n) is 14.0. The summed E-state index contributed by atoms with van der Waals surface area (Å²) >= 11 is 0. The summed E-state index contributed by atoms with van der Waals surface area (Å²) in [6.07, 6.45) is 2.07. The van der Waals surface area contributed by atoms with Gasteiger partial charge in [0.1, 0.15) is 0 Å². The van der Waals surface area contributed by atoms with Crippen molar-refractivity contribution in [3.05, 3.63) is 24.3 Å². The Morgan fingerprint density at radius 3 is 2.35 bits per heavy atom. The quantitative estimate of drug-likeness (QED) is 0.897. The van der Waals surface area contributed by atoms with Gasteiger partial charge in [-0.05, 0) is 51.5 Å². The van der Waals surface area contributed by atoms with Crippen LogP contribution in [0.4, 0.5) is 5.69 Å². The first-order chi connectivity index (χ1) is 10.6.